The van der Waals surface area contributed by atoms with Crippen molar-refractivity contribution in [3.8, 4) is 11.1 Å². The molecule has 2 aromatic rings. The third-order valence-electron chi connectivity index (χ3n) is 6.59. The number of carboxylic acid groups (broad SMARTS) is 1. The number of hydrogen-bond donors (Lipinski definition) is 3. The van der Waals surface area contributed by atoms with E-state index in [1.165, 1.54) is 0 Å². The van der Waals surface area contributed by atoms with Gasteiger partial charge in [-0.3, -0.25) is 9.59 Å². The number of fused-ring (bicyclic) bond motifs is 3. The molecule has 1 heterocycles. The predicted molar refractivity (Wildman–Crippen MR) is 125 cm³/mol. The van der Waals surface area contributed by atoms with Crippen LogP contribution in [0.2, 0.25) is 0 Å². The molecule has 4 rings (SSSR count). The minimum atomic E-state index is -0.965. The van der Waals surface area contributed by atoms with Crippen LogP contribution in [0.15, 0.2) is 48.5 Å². The Bertz CT molecular complexity index is 1010. The lowest BCUT2D eigenvalue weighted by molar-refractivity contribution is -0.138. The van der Waals surface area contributed by atoms with E-state index in [-0.39, 0.29) is 37.3 Å². The minimum Gasteiger partial charge on any atom is -0.481 e. The first-order valence-corrected chi connectivity index (χ1v) is 11.7. The summed E-state index contributed by atoms with van der Waals surface area (Å²) in [4.78, 5) is 36.0. The highest BCUT2D eigenvalue weighted by Crippen LogP contribution is 2.44. The van der Waals surface area contributed by atoms with Crippen molar-refractivity contribution in [1.82, 2.24) is 10.6 Å². The highest BCUT2D eigenvalue weighted by Gasteiger charge is 2.35. The molecule has 0 bridgehead atoms. The number of benzene rings is 2. The molecule has 34 heavy (non-hydrogen) atoms. The van der Waals surface area contributed by atoms with Gasteiger partial charge in [-0.1, -0.05) is 55.5 Å². The third kappa shape index (κ3) is 5.22. The summed E-state index contributed by atoms with van der Waals surface area (Å²) >= 11 is 0. The van der Waals surface area contributed by atoms with Gasteiger partial charge in [0.05, 0.1) is 6.42 Å². The van der Waals surface area contributed by atoms with Gasteiger partial charge >= 0.3 is 12.1 Å². The number of carboxylic acids is 1. The van der Waals surface area contributed by atoms with E-state index < -0.39 is 24.2 Å². The molecule has 1 aliphatic carbocycles. The molecule has 3 atom stereocenters. The number of ether oxygens (including phenoxy) is 2. The smallest absolute Gasteiger partial charge is 0.407 e. The van der Waals surface area contributed by atoms with Crippen molar-refractivity contribution in [3.63, 3.8) is 0 Å². The number of hydrogen-bond acceptors (Lipinski definition) is 5. The summed E-state index contributed by atoms with van der Waals surface area (Å²) in [6.07, 6.45) is -0.273. The average molecular weight is 467 g/mol. The number of rotatable bonds is 9. The van der Waals surface area contributed by atoms with Gasteiger partial charge < -0.3 is 25.2 Å². The maximum Gasteiger partial charge on any atom is 0.407 e. The van der Waals surface area contributed by atoms with Crippen molar-refractivity contribution in [2.45, 2.75) is 44.2 Å². The summed E-state index contributed by atoms with van der Waals surface area (Å²) < 4.78 is 11.1. The van der Waals surface area contributed by atoms with Crippen molar-refractivity contribution in [1.29, 1.82) is 0 Å². The summed E-state index contributed by atoms with van der Waals surface area (Å²) in [6, 6.07) is 15.8. The fraction of sp³-hybridized carbons (Fsp3) is 0.423. The normalized spacial score (nSPS) is 19.7. The molecule has 2 aromatic carbocycles. The van der Waals surface area contributed by atoms with Crippen LogP contribution in [0.3, 0.4) is 0 Å². The van der Waals surface area contributed by atoms with Crippen LogP contribution in [0.4, 0.5) is 4.79 Å². The van der Waals surface area contributed by atoms with Crippen LogP contribution >= 0.6 is 0 Å². The molecule has 1 saturated heterocycles. The van der Waals surface area contributed by atoms with Gasteiger partial charge in [-0.2, -0.15) is 0 Å². The Morgan fingerprint density at radius 2 is 1.74 bits per heavy atom. The Hall–Kier alpha value is -3.39. The second-order valence-electron chi connectivity index (χ2n) is 8.76. The fourth-order valence-corrected chi connectivity index (χ4v) is 4.79. The largest absolute Gasteiger partial charge is 0.481 e. The van der Waals surface area contributed by atoms with Crippen molar-refractivity contribution >= 4 is 18.0 Å². The molecule has 8 heteroatoms. The van der Waals surface area contributed by atoms with E-state index in [2.05, 4.69) is 34.9 Å². The van der Waals surface area contributed by atoms with Crippen LogP contribution in [0.5, 0.6) is 0 Å². The van der Waals surface area contributed by atoms with Gasteiger partial charge in [-0.15, -0.1) is 0 Å². The van der Waals surface area contributed by atoms with Gasteiger partial charge in [-0.05, 0) is 35.1 Å². The number of alkyl carbamates (subject to hydrolysis) is 1. The van der Waals surface area contributed by atoms with Crippen LogP contribution in [0, 0.1) is 5.92 Å². The SMILES string of the molecule is CC[C@H](CC(=O)O)NC(=O)C1OCCC1CNC(=O)OCC1c2ccccc2-c2ccccc21. The van der Waals surface area contributed by atoms with E-state index in [4.69, 9.17) is 14.6 Å². The summed E-state index contributed by atoms with van der Waals surface area (Å²) in [7, 11) is 0. The lowest BCUT2D eigenvalue weighted by Gasteiger charge is -2.22. The van der Waals surface area contributed by atoms with Crippen molar-refractivity contribution in [2.75, 3.05) is 19.8 Å². The number of aliphatic carboxylic acids is 1. The first-order chi connectivity index (χ1) is 16.5. The van der Waals surface area contributed by atoms with Gasteiger partial charge in [0.25, 0.3) is 0 Å². The molecule has 1 aliphatic heterocycles. The molecule has 8 nitrogen and oxygen atoms in total. The molecule has 180 valence electrons. The summed E-state index contributed by atoms with van der Waals surface area (Å²) in [5.41, 5.74) is 4.61. The Labute approximate surface area is 198 Å². The van der Waals surface area contributed by atoms with E-state index in [0.29, 0.717) is 19.4 Å². The highest BCUT2D eigenvalue weighted by atomic mass is 16.5. The van der Waals surface area contributed by atoms with Crippen LogP contribution in [0.1, 0.15) is 43.2 Å². The average Bonchev–Trinajstić information content (AvgIpc) is 3.43. The molecule has 2 aliphatic rings. The Balaban J connectivity index is 1.29. The van der Waals surface area contributed by atoms with Gasteiger partial charge in [0.1, 0.15) is 12.7 Å². The molecule has 1 fully saturated rings. The zero-order chi connectivity index (χ0) is 24.1. The number of carbonyl (C=O) groups excluding carboxylic acids is 2. The molecule has 0 spiro atoms. The molecular weight excluding hydrogens is 436 g/mol. The van der Waals surface area contributed by atoms with Crippen LogP contribution in [-0.4, -0.2) is 55.0 Å². The first kappa shape index (κ1) is 23.8. The summed E-state index contributed by atoms with van der Waals surface area (Å²) in [5, 5.41) is 14.5. The van der Waals surface area contributed by atoms with Gasteiger partial charge in [0, 0.05) is 31.0 Å². The van der Waals surface area contributed by atoms with Gasteiger partial charge in [0.2, 0.25) is 5.91 Å². The molecule has 3 N–H and O–H groups in total. The maximum absolute atomic E-state index is 12.6. The van der Waals surface area contributed by atoms with Crippen molar-refractivity contribution < 1.29 is 29.0 Å². The second-order valence-corrected chi connectivity index (χ2v) is 8.76. The van der Waals surface area contributed by atoms with Crippen molar-refractivity contribution in [2.24, 2.45) is 5.92 Å². The topological polar surface area (TPSA) is 114 Å². The van der Waals surface area contributed by atoms with Crippen LogP contribution < -0.4 is 10.6 Å². The van der Waals surface area contributed by atoms with E-state index in [0.717, 1.165) is 22.3 Å². The third-order valence-corrected chi connectivity index (χ3v) is 6.59. The molecule has 0 saturated carbocycles. The van der Waals surface area contributed by atoms with E-state index in [1.807, 2.05) is 31.2 Å². The number of amides is 2. The van der Waals surface area contributed by atoms with E-state index in [1.54, 1.807) is 0 Å². The second kappa shape index (κ2) is 10.7. The van der Waals surface area contributed by atoms with E-state index >= 15 is 0 Å². The van der Waals surface area contributed by atoms with Crippen molar-refractivity contribution in [3.05, 3.63) is 59.7 Å². The fourth-order valence-electron chi connectivity index (χ4n) is 4.79. The molecule has 0 radical (unpaired) electrons. The lowest BCUT2D eigenvalue weighted by Crippen LogP contribution is -2.46. The van der Waals surface area contributed by atoms with E-state index in [9.17, 15) is 14.4 Å². The molecular formula is C26H30N2O6. The molecule has 0 aromatic heterocycles. The number of carbonyl (C=O) groups is 3. The molecule has 2 unspecified atom stereocenters. The highest BCUT2D eigenvalue weighted by molar-refractivity contribution is 5.82. The lowest BCUT2D eigenvalue weighted by atomic mass is 9.98. The number of nitrogens with one attached hydrogen (secondary N) is 2. The summed E-state index contributed by atoms with van der Waals surface area (Å²) in [6.45, 7) is 2.69. The quantitative estimate of drug-likeness (QED) is 0.523. The molecule has 2 amide bonds. The zero-order valence-corrected chi connectivity index (χ0v) is 19.2. The van der Waals surface area contributed by atoms with Gasteiger partial charge in [-0.25, -0.2) is 4.79 Å². The Kier molecular flexibility index (Phi) is 7.47. The Morgan fingerprint density at radius 3 is 2.35 bits per heavy atom. The van der Waals surface area contributed by atoms with Crippen LogP contribution in [-0.2, 0) is 19.1 Å². The first-order valence-electron chi connectivity index (χ1n) is 11.7. The Morgan fingerprint density at radius 1 is 1.09 bits per heavy atom. The van der Waals surface area contributed by atoms with Crippen LogP contribution in [0.25, 0.3) is 11.1 Å². The zero-order valence-electron chi connectivity index (χ0n) is 19.2. The maximum atomic E-state index is 12.6. The monoisotopic (exact) mass is 466 g/mol. The van der Waals surface area contributed by atoms with Gasteiger partial charge in [0.15, 0.2) is 0 Å². The minimum absolute atomic E-state index is 0.0216. The predicted octanol–water partition coefficient (Wildman–Crippen LogP) is 3.30. The standard InChI is InChI=1S/C26H30N2O6/c1-2-17(13-23(29)30)28-25(31)24-16(11-12-33-24)14-27-26(32)34-15-22-20-9-5-3-7-18(20)19-8-4-6-10-21(19)22/h3-10,16-17,22,24H,2,11-15H2,1H3,(H,27,32)(H,28,31)(H,29,30)/t16?,17-,24?/m1/s1. The summed E-state index contributed by atoms with van der Waals surface area (Å²) in [5.74, 6) is -1.53.